The maximum atomic E-state index is 15.1. The average molecular weight is 705 g/mol. The molecule has 0 aromatic heterocycles. The van der Waals surface area contributed by atoms with Gasteiger partial charge >= 0.3 is 11.9 Å². The van der Waals surface area contributed by atoms with Crippen LogP contribution in [-0.2, 0) is 46.2 Å². The smallest absolute Gasteiger partial charge is 0.310 e. The Kier molecular flexibility index (Phi) is 7.98. The number of esters is 2. The molecule has 0 radical (unpaired) electrons. The van der Waals surface area contributed by atoms with Crippen molar-refractivity contribution in [3.63, 3.8) is 0 Å². The predicted octanol–water partition coefficient (Wildman–Crippen LogP) is 5.52. The molecule has 6 atom stereocenters. The lowest BCUT2D eigenvalue weighted by molar-refractivity contribution is -0.171. The second kappa shape index (κ2) is 12.2. The second-order valence-corrected chi connectivity index (χ2v) is 18.2. The number of hydrogen-bond donors (Lipinski definition) is 0. The summed E-state index contributed by atoms with van der Waals surface area (Å²) in [4.78, 5) is 57.2. The van der Waals surface area contributed by atoms with E-state index in [0.717, 1.165) is 16.7 Å². The standard InChI is InChI=1S/C34H28N2O7S4/c37-27(16-21-8-3-1-4-9-21)42-25-13-7-12-23-18-33-31(39)36-30-24(19-34(36,45-47-46-44-33)32(40)35(33)29(23)25)20-41-15-14-26(30)43-28(38)17-22-10-5-2-6-11-22/h1-15,20,25-26,29-30H,16-19H2/t25-,26-,29-,30-,33+,34+/m0/s1. The molecule has 1 aliphatic carbocycles. The van der Waals surface area contributed by atoms with E-state index >= 15 is 9.59 Å². The molecule has 0 saturated carbocycles. The molecular formula is C34H28N2O7S4. The summed E-state index contributed by atoms with van der Waals surface area (Å²) >= 11 is 0. The van der Waals surface area contributed by atoms with Crippen molar-refractivity contribution in [1.82, 2.24) is 9.80 Å². The number of nitrogens with zero attached hydrogens (tertiary/aromatic N) is 2. The van der Waals surface area contributed by atoms with Gasteiger partial charge in [0.1, 0.15) is 12.2 Å². The van der Waals surface area contributed by atoms with Crippen molar-refractivity contribution in [2.45, 2.75) is 59.7 Å². The molecule has 5 saturated heterocycles. The van der Waals surface area contributed by atoms with Gasteiger partial charge in [0.25, 0.3) is 11.8 Å². The zero-order chi connectivity index (χ0) is 32.2. The number of fused-ring (bicyclic) bond motifs is 5. The van der Waals surface area contributed by atoms with Crippen molar-refractivity contribution in [2.75, 3.05) is 0 Å². The Morgan fingerprint density at radius 2 is 1.26 bits per heavy atom. The largest absolute Gasteiger partial charge is 0.473 e. The number of carbonyl (C=O) groups excluding carboxylic acids is 4. The molecule has 2 bridgehead atoms. The molecule has 0 unspecified atom stereocenters. The Hall–Kier alpha value is -3.52. The van der Waals surface area contributed by atoms with Crippen molar-refractivity contribution in [1.29, 1.82) is 0 Å². The minimum absolute atomic E-state index is 0.0673. The number of piperazine rings is 1. The predicted molar refractivity (Wildman–Crippen MR) is 182 cm³/mol. The summed E-state index contributed by atoms with van der Waals surface area (Å²) in [6.45, 7) is 0. The Balaban J connectivity index is 1.12. The lowest BCUT2D eigenvalue weighted by atomic mass is 9.96. The van der Waals surface area contributed by atoms with E-state index in [-0.39, 0.29) is 37.5 Å². The molecule has 6 heterocycles. The summed E-state index contributed by atoms with van der Waals surface area (Å²) in [5.74, 6) is -1.32. The van der Waals surface area contributed by atoms with Crippen LogP contribution in [0.4, 0.5) is 0 Å². The van der Waals surface area contributed by atoms with E-state index in [4.69, 9.17) is 14.2 Å². The van der Waals surface area contributed by atoms with E-state index in [1.807, 2.05) is 72.8 Å². The van der Waals surface area contributed by atoms with E-state index < -0.39 is 46.0 Å². The number of amides is 2. The van der Waals surface area contributed by atoms with Crippen LogP contribution >= 0.6 is 41.2 Å². The van der Waals surface area contributed by atoms with Crippen molar-refractivity contribution >= 4 is 65.0 Å². The summed E-state index contributed by atoms with van der Waals surface area (Å²) in [6.07, 6.45) is 9.25. The molecule has 0 N–H and O–H groups in total. The zero-order valence-electron chi connectivity index (χ0n) is 24.8. The summed E-state index contributed by atoms with van der Waals surface area (Å²) in [7, 11) is 5.61. The molecule has 6 aliphatic heterocycles. The minimum atomic E-state index is -1.32. The number of benzene rings is 2. The van der Waals surface area contributed by atoms with E-state index in [9.17, 15) is 9.59 Å². The van der Waals surface area contributed by atoms with Crippen molar-refractivity contribution in [3.05, 3.63) is 120 Å². The van der Waals surface area contributed by atoms with Crippen LogP contribution in [0, 0.1) is 0 Å². The molecule has 7 aliphatic rings. The van der Waals surface area contributed by atoms with Gasteiger partial charge in [-0.15, -0.1) is 0 Å². The monoisotopic (exact) mass is 704 g/mol. The van der Waals surface area contributed by atoms with Gasteiger partial charge in [0, 0.05) is 12.8 Å². The topological polar surface area (TPSA) is 102 Å². The first-order valence-electron chi connectivity index (χ1n) is 15.1. The molecule has 47 heavy (non-hydrogen) atoms. The number of ether oxygens (including phenoxy) is 3. The molecule has 2 aromatic carbocycles. The van der Waals surface area contributed by atoms with Crippen LogP contribution in [0.5, 0.6) is 0 Å². The van der Waals surface area contributed by atoms with Gasteiger partial charge in [-0.25, -0.2) is 0 Å². The van der Waals surface area contributed by atoms with Crippen LogP contribution in [0.15, 0.2) is 109 Å². The second-order valence-electron chi connectivity index (χ2n) is 12.0. The number of allylic oxidation sites excluding steroid dienone is 2. The Morgan fingerprint density at radius 3 is 1.83 bits per heavy atom. The van der Waals surface area contributed by atoms with Crippen LogP contribution in [0.1, 0.15) is 24.0 Å². The third-order valence-corrected chi connectivity index (χ3v) is 16.4. The first-order chi connectivity index (χ1) is 22.9. The van der Waals surface area contributed by atoms with Gasteiger partial charge in [0.05, 0.1) is 37.4 Å². The minimum Gasteiger partial charge on any atom is -0.473 e. The van der Waals surface area contributed by atoms with Crippen LogP contribution < -0.4 is 0 Å². The summed E-state index contributed by atoms with van der Waals surface area (Å²) < 4.78 is 17.7. The highest BCUT2D eigenvalue weighted by atomic mass is 33.7. The molecule has 9 rings (SSSR count). The van der Waals surface area contributed by atoms with Crippen LogP contribution in [0.3, 0.4) is 0 Å². The maximum absolute atomic E-state index is 15.1. The quantitative estimate of drug-likeness (QED) is 0.281. The number of carbonyl (C=O) groups is 4. The first kappa shape index (κ1) is 30.8. The molecule has 240 valence electrons. The molecular weight excluding hydrogens is 677 g/mol. The normalized spacial score (nSPS) is 31.7. The summed E-state index contributed by atoms with van der Waals surface area (Å²) in [5.41, 5.74) is 3.20. The Morgan fingerprint density at radius 1 is 0.745 bits per heavy atom. The highest BCUT2D eigenvalue weighted by molar-refractivity contribution is 9.26. The lowest BCUT2D eigenvalue weighted by Gasteiger charge is -2.55. The highest BCUT2D eigenvalue weighted by Crippen LogP contribution is 2.69. The van der Waals surface area contributed by atoms with Crippen LogP contribution in [-0.4, -0.2) is 67.6 Å². The van der Waals surface area contributed by atoms with E-state index in [1.165, 1.54) is 47.5 Å². The van der Waals surface area contributed by atoms with Crippen molar-refractivity contribution < 1.29 is 33.4 Å². The molecule has 13 heteroatoms. The maximum Gasteiger partial charge on any atom is 0.310 e. The van der Waals surface area contributed by atoms with Crippen molar-refractivity contribution in [3.8, 4) is 0 Å². The molecule has 9 nitrogen and oxygen atoms in total. The lowest BCUT2D eigenvalue weighted by Crippen LogP contribution is -2.74. The first-order valence-corrected chi connectivity index (χ1v) is 19.9. The fourth-order valence-corrected chi connectivity index (χ4v) is 15.0. The van der Waals surface area contributed by atoms with Gasteiger partial charge in [0.15, 0.2) is 9.74 Å². The third kappa shape index (κ3) is 5.13. The van der Waals surface area contributed by atoms with E-state index in [0.29, 0.717) is 5.57 Å². The molecule has 2 aromatic rings. The van der Waals surface area contributed by atoms with E-state index in [1.54, 1.807) is 28.2 Å². The van der Waals surface area contributed by atoms with Gasteiger partial charge in [-0.2, -0.15) is 0 Å². The van der Waals surface area contributed by atoms with Gasteiger partial charge < -0.3 is 24.0 Å². The Bertz CT molecular complexity index is 1770. The van der Waals surface area contributed by atoms with Crippen LogP contribution in [0.25, 0.3) is 0 Å². The third-order valence-electron chi connectivity index (χ3n) is 9.18. The number of hydrogen-bond acceptors (Lipinski definition) is 11. The summed E-state index contributed by atoms with van der Waals surface area (Å²) in [6, 6.07) is 17.3. The van der Waals surface area contributed by atoms with Gasteiger partial charge in [0.2, 0.25) is 0 Å². The average Bonchev–Trinajstić information content (AvgIpc) is 3.52. The fraction of sp³-hybridized carbons (Fsp3) is 0.294. The highest BCUT2D eigenvalue weighted by Gasteiger charge is 2.75. The van der Waals surface area contributed by atoms with E-state index in [2.05, 4.69) is 0 Å². The molecule has 2 amide bonds. The molecule has 2 spiro atoms. The van der Waals surface area contributed by atoms with Gasteiger partial charge in [-0.1, -0.05) is 72.8 Å². The molecule has 5 fully saturated rings. The van der Waals surface area contributed by atoms with Gasteiger partial charge in [-0.3, -0.25) is 19.2 Å². The van der Waals surface area contributed by atoms with Crippen molar-refractivity contribution in [2.24, 2.45) is 0 Å². The van der Waals surface area contributed by atoms with Crippen LogP contribution in [0.2, 0.25) is 0 Å². The Labute approximate surface area is 286 Å². The zero-order valence-corrected chi connectivity index (χ0v) is 28.0. The van der Waals surface area contributed by atoms with Gasteiger partial charge in [-0.05, 0) is 75.7 Å². The summed E-state index contributed by atoms with van der Waals surface area (Å²) in [5, 5.41) is 0. The fourth-order valence-electron chi connectivity index (χ4n) is 7.23. The SMILES string of the molecule is O=C(Cc1ccccc1)O[C@H]1C=CC=C2C[C@@]34SSSS[C@]5(CC6=COC=C[C@H](OC(=O)Cc7ccccc7)[C@H]6N5C3=O)C(=O)N4[C@@H]21. The number of rotatable bonds is 6.